The highest BCUT2D eigenvalue weighted by Gasteiger charge is 2.03. The molecule has 0 aliphatic heterocycles. The van der Waals surface area contributed by atoms with E-state index in [1.165, 1.54) is 0 Å². The number of para-hydroxylation sites is 1. The van der Waals surface area contributed by atoms with Crippen LogP contribution in [0, 0.1) is 0 Å². The second kappa shape index (κ2) is 5.47. The second-order valence-electron chi connectivity index (χ2n) is 4.49. The number of aromatic nitrogens is 1. The van der Waals surface area contributed by atoms with Gasteiger partial charge in [-0.2, -0.15) is 0 Å². The summed E-state index contributed by atoms with van der Waals surface area (Å²) in [6.45, 7) is 0. The number of nitrogens with one attached hydrogen (secondary N) is 1. The lowest BCUT2D eigenvalue weighted by molar-refractivity contribution is 0.104. The van der Waals surface area contributed by atoms with Crippen molar-refractivity contribution in [2.45, 2.75) is 0 Å². The molecule has 1 heterocycles. The van der Waals surface area contributed by atoms with Crippen LogP contribution in [0.1, 0.15) is 15.9 Å². The molecular weight excluding hydrogens is 314 g/mol. The van der Waals surface area contributed by atoms with E-state index in [2.05, 4.69) is 20.9 Å². The quantitative estimate of drug-likeness (QED) is 0.543. The molecule has 0 atom stereocenters. The molecule has 2 nitrogen and oxygen atoms in total. The number of aromatic amines is 1. The number of rotatable bonds is 3. The molecule has 3 aromatic rings. The molecule has 98 valence electrons. The normalized spacial score (nSPS) is 11.2. The van der Waals surface area contributed by atoms with Crippen LogP contribution in [0.25, 0.3) is 17.0 Å². The summed E-state index contributed by atoms with van der Waals surface area (Å²) in [4.78, 5) is 15.3. The number of H-pyrrole nitrogens is 1. The summed E-state index contributed by atoms with van der Waals surface area (Å²) in [6, 6.07) is 15.4. The molecule has 0 radical (unpaired) electrons. The zero-order valence-corrected chi connectivity index (χ0v) is 12.2. The standard InChI is InChI=1S/C17H12BrNO/c18-14-8-5-12(6-9-14)17(20)10-7-13-11-19-16-4-2-1-3-15(13)16/h1-11,19H/b10-7+. The molecule has 0 saturated carbocycles. The number of carbonyl (C=O) groups is 1. The Bertz CT molecular complexity index is 784. The molecule has 0 bridgehead atoms. The molecule has 2 aromatic carbocycles. The fraction of sp³-hybridized carbons (Fsp3) is 0. The number of hydrogen-bond donors (Lipinski definition) is 1. The lowest BCUT2D eigenvalue weighted by atomic mass is 10.1. The van der Waals surface area contributed by atoms with Gasteiger partial charge in [0, 0.05) is 27.1 Å². The molecule has 1 N–H and O–H groups in total. The molecule has 0 spiro atoms. The summed E-state index contributed by atoms with van der Waals surface area (Å²) in [5, 5.41) is 1.12. The van der Waals surface area contributed by atoms with Crippen LogP contribution in [-0.2, 0) is 0 Å². The van der Waals surface area contributed by atoms with Crippen molar-refractivity contribution < 1.29 is 4.79 Å². The summed E-state index contributed by atoms with van der Waals surface area (Å²) in [5.74, 6) is 0.00258. The van der Waals surface area contributed by atoms with Gasteiger partial charge < -0.3 is 4.98 Å². The van der Waals surface area contributed by atoms with Crippen molar-refractivity contribution in [3.8, 4) is 0 Å². The first kappa shape index (κ1) is 12.9. The summed E-state index contributed by atoms with van der Waals surface area (Å²) in [7, 11) is 0. The van der Waals surface area contributed by atoms with Gasteiger partial charge in [-0.15, -0.1) is 0 Å². The van der Waals surface area contributed by atoms with E-state index in [0.717, 1.165) is 20.9 Å². The number of hydrogen-bond acceptors (Lipinski definition) is 1. The van der Waals surface area contributed by atoms with E-state index < -0.39 is 0 Å². The van der Waals surface area contributed by atoms with E-state index >= 15 is 0 Å². The van der Waals surface area contributed by atoms with Gasteiger partial charge in [-0.05, 0) is 48.0 Å². The molecule has 0 fully saturated rings. The Labute approximate surface area is 125 Å². The van der Waals surface area contributed by atoms with Gasteiger partial charge in [-0.3, -0.25) is 4.79 Å². The number of benzene rings is 2. The molecular formula is C17H12BrNO. The Morgan fingerprint density at radius 2 is 1.80 bits per heavy atom. The van der Waals surface area contributed by atoms with Crippen LogP contribution in [0.3, 0.4) is 0 Å². The lowest BCUT2D eigenvalue weighted by Crippen LogP contribution is -1.92. The molecule has 0 saturated heterocycles. The zero-order chi connectivity index (χ0) is 13.9. The third-order valence-corrected chi connectivity index (χ3v) is 3.69. The van der Waals surface area contributed by atoms with E-state index in [4.69, 9.17) is 0 Å². The Balaban J connectivity index is 1.87. The third-order valence-electron chi connectivity index (χ3n) is 3.16. The molecule has 20 heavy (non-hydrogen) atoms. The van der Waals surface area contributed by atoms with Crippen LogP contribution in [0.2, 0.25) is 0 Å². The fourth-order valence-electron chi connectivity index (χ4n) is 2.11. The summed E-state index contributed by atoms with van der Waals surface area (Å²) < 4.78 is 0.967. The predicted octanol–water partition coefficient (Wildman–Crippen LogP) is 4.83. The highest BCUT2D eigenvalue weighted by Crippen LogP contribution is 2.19. The van der Waals surface area contributed by atoms with Gasteiger partial charge in [-0.1, -0.05) is 34.1 Å². The maximum absolute atomic E-state index is 12.1. The van der Waals surface area contributed by atoms with Gasteiger partial charge in [0.25, 0.3) is 0 Å². The first-order valence-electron chi connectivity index (χ1n) is 6.28. The van der Waals surface area contributed by atoms with Gasteiger partial charge in [0.15, 0.2) is 5.78 Å². The first-order valence-corrected chi connectivity index (χ1v) is 7.07. The maximum atomic E-state index is 12.1. The van der Waals surface area contributed by atoms with Crippen LogP contribution in [0.15, 0.2) is 65.3 Å². The summed E-state index contributed by atoms with van der Waals surface area (Å²) in [5.41, 5.74) is 2.78. The van der Waals surface area contributed by atoms with E-state index in [1.54, 1.807) is 6.08 Å². The molecule has 3 rings (SSSR count). The molecule has 0 aliphatic rings. The van der Waals surface area contributed by atoms with Gasteiger partial charge in [0.05, 0.1) is 0 Å². The van der Waals surface area contributed by atoms with Crippen molar-refractivity contribution >= 4 is 38.7 Å². The minimum atomic E-state index is 0.00258. The Hall–Kier alpha value is -2.13. The average Bonchev–Trinajstić information content (AvgIpc) is 2.89. The zero-order valence-electron chi connectivity index (χ0n) is 10.6. The number of carbonyl (C=O) groups excluding carboxylic acids is 1. The summed E-state index contributed by atoms with van der Waals surface area (Å²) in [6.07, 6.45) is 5.37. The van der Waals surface area contributed by atoms with Gasteiger partial charge in [0.1, 0.15) is 0 Å². The van der Waals surface area contributed by atoms with Crippen LogP contribution in [-0.4, -0.2) is 10.8 Å². The Morgan fingerprint density at radius 3 is 2.60 bits per heavy atom. The molecule has 0 unspecified atom stereocenters. The molecule has 1 aromatic heterocycles. The van der Waals surface area contributed by atoms with Crippen LogP contribution in [0.5, 0.6) is 0 Å². The van der Waals surface area contributed by atoms with Crippen molar-refractivity contribution in [3.63, 3.8) is 0 Å². The molecule has 3 heteroatoms. The second-order valence-corrected chi connectivity index (χ2v) is 5.41. The topological polar surface area (TPSA) is 32.9 Å². The van der Waals surface area contributed by atoms with E-state index in [0.29, 0.717) is 5.56 Å². The van der Waals surface area contributed by atoms with Crippen molar-refractivity contribution in [3.05, 3.63) is 76.4 Å². The van der Waals surface area contributed by atoms with E-state index in [1.807, 2.05) is 60.8 Å². The molecule has 0 amide bonds. The van der Waals surface area contributed by atoms with Crippen LogP contribution in [0.4, 0.5) is 0 Å². The molecule has 0 aliphatic carbocycles. The maximum Gasteiger partial charge on any atom is 0.185 e. The van der Waals surface area contributed by atoms with E-state index in [9.17, 15) is 4.79 Å². The average molecular weight is 326 g/mol. The minimum Gasteiger partial charge on any atom is -0.361 e. The number of ketones is 1. The highest BCUT2D eigenvalue weighted by atomic mass is 79.9. The van der Waals surface area contributed by atoms with Gasteiger partial charge in [0.2, 0.25) is 0 Å². The van der Waals surface area contributed by atoms with Crippen molar-refractivity contribution in [1.29, 1.82) is 0 Å². The van der Waals surface area contributed by atoms with Gasteiger partial charge >= 0.3 is 0 Å². The van der Waals surface area contributed by atoms with Crippen molar-refractivity contribution in [1.82, 2.24) is 4.98 Å². The van der Waals surface area contributed by atoms with Gasteiger partial charge in [-0.25, -0.2) is 0 Å². The van der Waals surface area contributed by atoms with Crippen molar-refractivity contribution in [2.24, 2.45) is 0 Å². The Morgan fingerprint density at radius 1 is 1.05 bits per heavy atom. The van der Waals surface area contributed by atoms with E-state index in [-0.39, 0.29) is 5.78 Å². The number of fused-ring (bicyclic) bond motifs is 1. The van der Waals surface area contributed by atoms with Crippen LogP contribution < -0.4 is 0 Å². The first-order chi connectivity index (χ1) is 9.74. The largest absolute Gasteiger partial charge is 0.361 e. The minimum absolute atomic E-state index is 0.00258. The fourth-order valence-corrected chi connectivity index (χ4v) is 2.37. The third kappa shape index (κ3) is 2.58. The SMILES string of the molecule is O=C(/C=C/c1c[nH]c2ccccc12)c1ccc(Br)cc1. The monoisotopic (exact) mass is 325 g/mol. The lowest BCUT2D eigenvalue weighted by Gasteiger charge is -1.96. The van der Waals surface area contributed by atoms with Crippen LogP contribution >= 0.6 is 15.9 Å². The summed E-state index contributed by atoms with van der Waals surface area (Å²) >= 11 is 3.36. The highest BCUT2D eigenvalue weighted by molar-refractivity contribution is 9.10. The smallest absolute Gasteiger partial charge is 0.185 e. The number of allylic oxidation sites excluding steroid dienone is 1. The Kier molecular flexibility index (Phi) is 3.52. The number of halogens is 1. The van der Waals surface area contributed by atoms with Crippen molar-refractivity contribution in [2.75, 3.05) is 0 Å². The predicted molar refractivity (Wildman–Crippen MR) is 85.8 cm³/mol.